The van der Waals surface area contributed by atoms with Crippen LogP contribution in [0, 0.1) is 5.92 Å². The first kappa shape index (κ1) is 13.7. The van der Waals surface area contributed by atoms with E-state index in [2.05, 4.69) is 18.8 Å². The van der Waals surface area contributed by atoms with Crippen LogP contribution in [0.1, 0.15) is 31.3 Å². The van der Waals surface area contributed by atoms with Gasteiger partial charge >= 0.3 is 0 Å². The van der Waals surface area contributed by atoms with E-state index in [0.717, 1.165) is 0 Å². The van der Waals surface area contributed by atoms with E-state index in [4.69, 9.17) is 5.73 Å². The Balaban J connectivity index is 2.74. The molecule has 0 saturated heterocycles. The molecule has 0 bridgehead atoms. The van der Waals surface area contributed by atoms with Crippen LogP contribution in [0.5, 0.6) is 0 Å². The highest BCUT2D eigenvalue weighted by molar-refractivity contribution is 5.92. The molecule has 0 aromatic carbocycles. The maximum absolute atomic E-state index is 12.1. The first-order valence-corrected chi connectivity index (χ1v) is 5.96. The van der Waals surface area contributed by atoms with Gasteiger partial charge in [-0.1, -0.05) is 13.8 Å². The molecule has 0 fully saturated rings. The van der Waals surface area contributed by atoms with E-state index < -0.39 is 0 Å². The largest absolute Gasteiger partial charge is 0.337 e. The van der Waals surface area contributed by atoms with E-state index in [9.17, 15) is 4.79 Å². The summed E-state index contributed by atoms with van der Waals surface area (Å²) in [6.07, 6.45) is 3.40. The van der Waals surface area contributed by atoms with Gasteiger partial charge in [0.25, 0.3) is 5.91 Å². The summed E-state index contributed by atoms with van der Waals surface area (Å²) in [5.74, 6) is 0.386. The number of nitrogens with two attached hydrogens (primary N) is 1. The molecule has 1 unspecified atom stereocenters. The Morgan fingerprint density at radius 2 is 2.18 bits per heavy atom. The van der Waals surface area contributed by atoms with E-state index in [-0.39, 0.29) is 11.9 Å². The zero-order valence-electron chi connectivity index (χ0n) is 11.1. The Morgan fingerprint density at radius 3 is 2.71 bits per heavy atom. The smallest absolute Gasteiger partial charge is 0.274 e. The molecular weight excluding hydrogens is 216 g/mol. The van der Waals surface area contributed by atoms with Gasteiger partial charge in [0.2, 0.25) is 0 Å². The topological polar surface area (TPSA) is 64.2 Å². The number of rotatable bonds is 5. The number of carbonyl (C=O) groups excluding carboxylic acids is 1. The molecule has 1 heterocycles. The lowest BCUT2D eigenvalue weighted by molar-refractivity contribution is 0.0701. The third-order valence-corrected chi connectivity index (χ3v) is 3.14. The van der Waals surface area contributed by atoms with Crippen molar-refractivity contribution in [2.45, 2.75) is 33.4 Å². The molecule has 0 aliphatic rings. The summed E-state index contributed by atoms with van der Waals surface area (Å²) in [5.41, 5.74) is 5.93. The maximum atomic E-state index is 12.1. The van der Waals surface area contributed by atoms with Gasteiger partial charge in [-0.25, -0.2) is 4.98 Å². The van der Waals surface area contributed by atoms with Crippen molar-refractivity contribution in [1.29, 1.82) is 0 Å². The summed E-state index contributed by atoms with van der Waals surface area (Å²) in [6, 6.07) is 0.196. The highest BCUT2D eigenvalue weighted by Crippen LogP contribution is 2.11. The summed E-state index contributed by atoms with van der Waals surface area (Å²) in [7, 11) is 1.81. The Kier molecular flexibility index (Phi) is 4.69. The molecular formula is C12H22N4O. The number of nitrogens with zero attached hydrogens (tertiary/aromatic N) is 3. The molecule has 0 aliphatic heterocycles. The van der Waals surface area contributed by atoms with Crippen molar-refractivity contribution < 1.29 is 4.79 Å². The number of amides is 1. The number of carbonyl (C=O) groups is 1. The summed E-state index contributed by atoms with van der Waals surface area (Å²) < 4.78 is 1.83. The quantitative estimate of drug-likeness (QED) is 0.831. The van der Waals surface area contributed by atoms with Crippen molar-refractivity contribution in [1.82, 2.24) is 14.5 Å². The minimum atomic E-state index is -0.0398. The van der Waals surface area contributed by atoms with Gasteiger partial charge < -0.3 is 15.2 Å². The number of hydrogen-bond donors (Lipinski definition) is 1. The van der Waals surface area contributed by atoms with Crippen LogP contribution in [0.4, 0.5) is 0 Å². The van der Waals surface area contributed by atoms with Crippen LogP contribution in [-0.4, -0.2) is 40.0 Å². The standard InChI is InChI=1S/C12H22N4O/c1-9(2)10(3)15(4)12(17)11-7-16(6-5-13)8-14-11/h7-10H,5-6,13H2,1-4H3. The minimum absolute atomic E-state index is 0.0398. The molecule has 17 heavy (non-hydrogen) atoms. The second kappa shape index (κ2) is 5.82. The van der Waals surface area contributed by atoms with Crippen molar-refractivity contribution in [3.8, 4) is 0 Å². The predicted octanol–water partition coefficient (Wildman–Crippen LogP) is 0.958. The fourth-order valence-corrected chi connectivity index (χ4v) is 1.55. The Bertz CT molecular complexity index is 372. The van der Waals surface area contributed by atoms with Crippen LogP contribution in [0.25, 0.3) is 0 Å². The lowest BCUT2D eigenvalue weighted by atomic mass is 10.1. The molecule has 1 amide bonds. The molecule has 5 nitrogen and oxygen atoms in total. The zero-order valence-corrected chi connectivity index (χ0v) is 11.1. The molecule has 1 aromatic heterocycles. The van der Waals surface area contributed by atoms with E-state index in [1.54, 1.807) is 17.4 Å². The SMILES string of the molecule is CC(C)C(C)N(C)C(=O)c1cn(CCN)cn1. The first-order chi connectivity index (χ1) is 7.97. The van der Waals surface area contributed by atoms with Crippen LogP contribution in [0.3, 0.4) is 0 Å². The Morgan fingerprint density at radius 1 is 1.53 bits per heavy atom. The second-order valence-electron chi connectivity index (χ2n) is 4.69. The Labute approximate surface area is 103 Å². The summed E-state index contributed by atoms with van der Waals surface area (Å²) in [4.78, 5) is 18.0. The monoisotopic (exact) mass is 238 g/mol. The lowest BCUT2D eigenvalue weighted by Crippen LogP contribution is -2.38. The maximum Gasteiger partial charge on any atom is 0.274 e. The minimum Gasteiger partial charge on any atom is -0.337 e. The van der Waals surface area contributed by atoms with Gasteiger partial charge in [-0.2, -0.15) is 0 Å². The molecule has 1 atom stereocenters. The molecule has 2 N–H and O–H groups in total. The van der Waals surface area contributed by atoms with Crippen LogP contribution in [0.15, 0.2) is 12.5 Å². The summed E-state index contributed by atoms with van der Waals surface area (Å²) in [6.45, 7) is 7.47. The van der Waals surface area contributed by atoms with E-state index >= 15 is 0 Å². The fourth-order valence-electron chi connectivity index (χ4n) is 1.55. The van der Waals surface area contributed by atoms with Crippen molar-refractivity contribution in [2.24, 2.45) is 11.7 Å². The van der Waals surface area contributed by atoms with Gasteiger partial charge in [0.1, 0.15) is 5.69 Å². The number of aromatic nitrogens is 2. The molecule has 0 spiro atoms. The van der Waals surface area contributed by atoms with Gasteiger partial charge in [0, 0.05) is 32.4 Å². The van der Waals surface area contributed by atoms with Gasteiger partial charge in [0.15, 0.2) is 0 Å². The highest BCUT2D eigenvalue weighted by Gasteiger charge is 2.21. The van der Waals surface area contributed by atoms with Crippen LogP contribution >= 0.6 is 0 Å². The summed E-state index contributed by atoms with van der Waals surface area (Å²) in [5, 5.41) is 0. The number of imidazole rings is 1. The molecule has 1 rings (SSSR count). The van der Waals surface area contributed by atoms with Gasteiger partial charge in [-0.3, -0.25) is 4.79 Å². The molecule has 1 aromatic rings. The molecule has 5 heteroatoms. The number of hydrogen-bond acceptors (Lipinski definition) is 3. The fraction of sp³-hybridized carbons (Fsp3) is 0.667. The average molecular weight is 238 g/mol. The lowest BCUT2D eigenvalue weighted by Gasteiger charge is -2.27. The summed E-state index contributed by atoms with van der Waals surface area (Å²) >= 11 is 0. The van der Waals surface area contributed by atoms with Gasteiger partial charge in [-0.05, 0) is 12.8 Å². The first-order valence-electron chi connectivity index (χ1n) is 5.96. The predicted molar refractivity (Wildman–Crippen MR) is 67.7 cm³/mol. The third kappa shape index (κ3) is 3.30. The molecule has 0 saturated carbocycles. The van der Waals surface area contributed by atoms with Crippen molar-refractivity contribution >= 4 is 5.91 Å². The highest BCUT2D eigenvalue weighted by atomic mass is 16.2. The average Bonchev–Trinajstić information content (AvgIpc) is 2.75. The van der Waals surface area contributed by atoms with E-state index in [1.165, 1.54) is 0 Å². The van der Waals surface area contributed by atoms with Crippen LogP contribution < -0.4 is 5.73 Å². The van der Waals surface area contributed by atoms with Gasteiger partial charge in [-0.15, -0.1) is 0 Å². The van der Waals surface area contributed by atoms with Crippen molar-refractivity contribution in [3.63, 3.8) is 0 Å². The zero-order chi connectivity index (χ0) is 13.0. The molecule has 0 radical (unpaired) electrons. The normalized spacial score (nSPS) is 12.8. The van der Waals surface area contributed by atoms with Crippen molar-refractivity contribution in [3.05, 3.63) is 18.2 Å². The van der Waals surface area contributed by atoms with Crippen molar-refractivity contribution in [2.75, 3.05) is 13.6 Å². The van der Waals surface area contributed by atoms with E-state index in [0.29, 0.717) is 24.7 Å². The van der Waals surface area contributed by atoms with Crippen LogP contribution in [-0.2, 0) is 6.54 Å². The third-order valence-electron chi connectivity index (χ3n) is 3.14. The Hall–Kier alpha value is -1.36. The second-order valence-corrected chi connectivity index (χ2v) is 4.69. The van der Waals surface area contributed by atoms with Crippen LogP contribution in [0.2, 0.25) is 0 Å². The van der Waals surface area contributed by atoms with E-state index in [1.807, 2.05) is 18.5 Å². The molecule has 0 aliphatic carbocycles. The molecule has 96 valence electrons. The van der Waals surface area contributed by atoms with Gasteiger partial charge in [0.05, 0.1) is 6.33 Å².